The van der Waals surface area contributed by atoms with Crippen molar-refractivity contribution in [1.29, 1.82) is 0 Å². The van der Waals surface area contributed by atoms with Gasteiger partial charge >= 0.3 is 0 Å². The molecule has 1 aliphatic rings. The lowest BCUT2D eigenvalue weighted by Gasteiger charge is -2.37. The van der Waals surface area contributed by atoms with Crippen LogP contribution in [0.25, 0.3) is 10.8 Å². The van der Waals surface area contributed by atoms with Gasteiger partial charge in [0, 0.05) is 30.4 Å². The molecule has 1 unspecified atom stereocenters. The van der Waals surface area contributed by atoms with E-state index in [9.17, 15) is 0 Å². The van der Waals surface area contributed by atoms with Gasteiger partial charge in [0.25, 0.3) is 0 Å². The molecule has 0 aliphatic carbocycles. The number of fused-ring (bicyclic) bond motifs is 1. The summed E-state index contributed by atoms with van der Waals surface area (Å²) in [6, 6.07) is 8.78. The van der Waals surface area contributed by atoms with E-state index in [0.29, 0.717) is 12.6 Å². The maximum absolute atomic E-state index is 6.12. The standard InChI is InChI=1S/C18H25N3/c1-2-14-7-9-21(10-8-14)18(11-19)17-13-20-12-15-5-3-4-6-16(15)17/h3-6,12-14,18H,2,7-11,19H2,1H3. The van der Waals surface area contributed by atoms with Crippen molar-refractivity contribution in [1.82, 2.24) is 9.88 Å². The van der Waals surface area contributed by atoms with Gasteiger partial charge < -0.3 is 5.73 Å². The monoisotopic (exact) mass is 283 g/mol. The first kappa shape index (κ1) is 14.5. The van der Waals surface area contributed by atoms with Gasteiger partial charge in [-0.05, 0) is 42.8 Å². The first-order chi connectivity index (χ1) is 10.3. The Hall–Kier alpha value is -1.45. The Morgan fingerprint density at radius 1 is 1.24 bits per heavy atom. The topological polar surface area (TPSA) is 42.1 Å². The summed E-state index contributed by atoms with van der Waals surface area (Å²) in [4.78, 5) is 6.98. The van der Waals surface area contributed by atoms with Crippen LogP contribution in [0.1, 0.15) is 37.8 Å². The van der Waals surface area contributed by atoms with Crippen molar-refractivity contribution in [2.75, 3.05) is 19.6 Å². The Kier molecular flexibility index (Phi) is 4.51. The molecule has 1 atom stereocenters. The summed E-state index contributed by atoms with van der Waals surface area (Å²) in [6.07, 6.45) is 7.84. The largest absolute Gasteiger partial charge is 0.329 e. The summed E-state index contributed by atoms with van der Waals surface area (Å²) in [5.41, 5.74) is 7.41. The summed E-state index contributed by atoms with van der Waals surface area (Å²) in [7, 11) is 0. The van der Waals surface area contributed by atoms with Crippen molar-refractivity contribution < 1.29 is 0 Å². The van der Waals surface area contributed by atoms with Gasteiger partial charge in [-0.25, -0.2) is 0 Å². The summed E-state index contributed by atoms with van der Waals surface area (Å²) in [6.45, 7) is 5.27. The molecule has 21 heavy (non-hydrogen) atoms. The first-order valence-electron chi connectivity index (χ1n) is 8.10. The molecule has 1 saturated heterocycles. The first-order valence-corrected chi connectivity index (χ1v) is 8.10. The van der Waals surface area contributed by atoms with Crippen LogP contribution in [0.2, 0.25) is 0 Å². The number of pyridine rings is 1. The molecule has 0 bridgehead atoms. The number of benzene rings is 1. The second-order valence-electron chi connectivity index (χ2n) is 6.09. The van der Waals surface area contributed by atoms with Crippen LogP contribution in [0.5, 0.6) is 0 Å². The van der Waals surface area contributed by atoms with Gasteiger partial charge in [-0.3, -0.25) is 9.88 Å². The van der Waals surface area contributed by atoms with Gasteiger partial charge in [0.15, 0.2) is 0 Å². The predicted octanol–water partition coefficient (Wildman–Crippen LogP) is 3.36. The molecule has 3 heteroatoms. The van der Waals surface area contributed by atoms with Crippen LogP contribution in [0.4, 0.5) is 0 Å². The molecule has 2 heterocycles. The highest BCUT2D eigenvalue weighted by Gasteiger charge is 2.25. The molecule has 1 aromatic carbocycles. The van der Waals surface area contributed by atoms with Crippen molar-refractivity contribution in [2.24, 2.45) is 11.7 Å². The Balaban J connectivity index is 1.88. The third kappa shape index (κ3) is 2.94. The number of hydrogen-bond acceptors (Lipinski definition) is 3. The summed E-state index contributed by atoms with van der Waals surface area (Å²) < 4.78 is 0. The predicted molar refractivity (Wildman–Crippen MR) is 88.1 cm³/mol. The van der Waals surface area contributed by atoms with Gasteiger partial charge in [0.2, 0.25) is 0 Å². The molecular weight excluding hydrogens is 258 g/mol. The third-order valence-corrected chi connectivity index (χ3v) is 4.95. The van der Waals surface area contributed by atoms with E-state index in [0.717, 1.165) is 19.0 Å². The molecule has 1 aliphatic heterocycles. The van der Waals surface area contributed by atoms with Crippen LogP contribution in [0, 0.1) is 5.92 Å². The zero-order chi connectivity index (χ0) is 14.7. The molecular formula is C18H25N3. The number of rotatable bonds is 4. The minimum absolute atomic E-state index is 0.293. The second-order valence-corrected chi connectivity index (χ2v) is 6.09. The van der Waals surface area contributed by atoms with E-state index in [1.54, 1.807) is 0 Å². The van der Waals surface area contributed by atoms with Crippen molar-refractivity contribution in [3.63, 3.8) is 0 Å². The second kappa shape index (κ2) is 6.54. The smallest absolute Gasteiger partial charge is 0.0491 e. The Morgan fingerprint density at radius 3 is 2.71 bits per heavy atom. The molecule has 3 nitrogen and oxygen atoms in total. The molecule has 0 radical (unpaired) electrons. The maximum Gasteiger partial charge on any atom is 0.0491 e. The number of likely N-dealkylation sites (tertiary alicyclic amines) is 1. The number of hydrogen-bond donors (Lipinski definition) is 1. The van der Waals surface area contributed by atoms with Crippen LogP contribution >= 0.6 is 0 Å². The van der Waals surface area contributed by atoms with Crippen molar-refractivity contribution in [3.05, 3.63) is 42.2 Å². The highest BCUT2D eigenvalue weighted by molar-refractivity contribution is 5.85. The zero-order valence-corrected chi connectivity index (χ0v) is 12.8. The van der Waals surface area contributed by atoms with Crippen LogP contribution in [0.15, 0.2) is 36.7 Å². The molecule has 2 aromatic rings. The van der Waals surface area contributed by atoms with Gasteiger partial charge in [-0.2, -0.15) is 0 Å². The fraction of sp³-hybridized carbons (Fsp3) is 0.500. The Bertz CT molecular complexity index is 583. The van der Waals surface area contributed by atoms with E-state index in [1.165, 1.54) is 35.6 Å². The fourth-order valence-electron chi connectivity index (χ4n) is 3.55. The minimum atomic E-state index is 0.293. The quantitative estimate of drug-likeness (QED) is 0.935. The van der Waals surface area contributed by atoms with E-state index in [-0.39, 0.29) is 0 Å². The number of piperidine rings is 1. The summed E-state index contributed by atoms with van der Waals surface area (Å²) in [5, 5.41) is 2.50. The highest BCUT2D eigenvalue weighted by atomic mass is 15.2. The lowest BCUT2D eigenvalue weighted by atomic mass is 9.92. The molecule has 1 aromatic heterocycles. The average Bonchev–Trinajstić information content (AvgIpc) is 2.56. The molecule has 2 N–H and O–H groups in total. The zero-order valence-electron chi connectivity index (χ0n) is 12.8. The molecule has 0 spiro atoms. The van der Waals surface area contributed by atoms with Gasteiger partial charge in [-0.15, -0.1) is 0 Å². The van der Waals surface area contributed by atoms with Crippen molar-refractivity contribution in [3.8, 4) is 0 Å². The Labute approximate surface area is 127 Å². The van der Waals surface area contributed by atoms with E-state index in [4.69, 9.17) is 5.73 Å². The normalized spacial score (nSPS) is 19.0. The Morgan fingerprint density at radius 2 is 2.00 bits per heavy atom. The highest BCUT2D eigenvalue weighted by Crippen LogP contribution is 2.30. The van der Waals surface area contributed by atoms with E-state index < -0.39 is 0 Å². The lowest BCUT2D eigenvalue weighted by Crippen LogP contribution is -2.39. The maximum atomic E-state index is 6.12. The van der Waals surface area contributed by atoms with Crippen molar-refractivity contribution in [2.45, 2.75) is 32.2 Å². The molecule has 0 saturated carbocycles. The van der Waals surface area contributed by atoms with E-state index in [1.807, 2.05) is 12.4 Å². The molecule has 0 amide bonds. The van der Waals surface area contributed by atoms with E-state index >= 15 is 0 Å². The minimum Gasteiger partial charge on any atom is -0.329 e. The van der Waals surface area contributed by atoms with Gasteiger partial charge in [-0.1, -0.05) is 37.6 Å². The summed E-state index contributed by atoms with van der Waals surface area (Å²) >= 11 is 0. The summed E-state index contributed by atoms with van der Waals surface area (Å²) in [5.74, 6) is 0.894. The third-order valence-electron chi connectivity index (χ3n) is 4.95. The average molecular weight is 283 g/mol. The van der Waals surface area contributed by atoms with Crippen LogP contribution in [-0.2, 0) is 0 Å². The number of nitrogens with two attached hydrogens (primary N) is 1. The van der Waals surface area contributed by atoms with Crippen LogP contribution in [0.3, 0.4) is 0 Å². The van der Waals surface area contributed by atoms with Crippen molar-refractivity contribution >= 4 is 10.8 Å². The van der Waals surface area contributed by atoms with E-state index in [2.05, 4.69) is 41.1 Å². The number of nitrogens with zero attached hydrogens (tertiary/aromatic N) is 2. The fourth-order valence-corrected chi connectivity index (χ4v) is 3.55. The molecule has 1 fully saturated rings. The van der Waals surface area contributed by atoms with Crippen LogP contribution in [-0.4, -0.2) is 29.5 Å². The number of aromatic nitrogens is 1. The molecule has 3 rings (SSSR count). The molecule has 112 valence electrons. The SMILES string of the molecule is CCC1CCN(C(CN)c2cncc3ccccc23)CC1. The van der Waals surface area contributed by atoms with Gasteiger partial charge in [0.1, 0.15) is 0 Å². The van der Waals surface area contributed by atoms with Crippen LogP contribution < -0.4 is 5.73 Å². The lowest BCUT2D eigenvalue weighted by molar-refractivity contribution is 0.134. The van der Waals surface area contributed by atoms with Gasteiger partial charge in [0.05, 0.1) is 0 Å².